The smallest absolute Gasteiger partial charge is 0.303 e. The first kappa shape index (κ1) is 24.6. The number of phosphoric acid groups is 1. The standard InChI is InChI=1S/C18H32.H3O4P/c1-3-5-7-9-11-13-15-17-18-16-14-12-10-8-6-4-2;1-5(2,3)4/h3,5,7,9,11H,1,4,6,8,10,12-18H2,2H3;(H3,1,2,3,4). The lowest BCUT2D eigenvalue weighted by Crippen LogP contribution is -1.81. The monoisotopic (exact) mass is 346 g/mol. The van der Waals surface area contributed by atoms with Gasteiger partial charge in [-0.15, -0.1) is 0 Å². The Kier molecular flexibility index (Phi) is 20.7. The van der Waals surface area contributed by atoms with E-state index in [0.717, 1.165) is 0 Å². The van der Waals surface area contributed by atoms with Gasteiger partial charge in [-0.2, -0.15) is 0 Å². The van der Waals surface area contributed by atoms with Crippen molar-refractivity contribution < 1.29 is 19.2 Å². The molecule has 0 aromatic carbocycles. The van der Waals surface area contributed by atoms with Gasteiger partial charge in [0.15, 0.2) is 0 Å². The van der Waals surface area contributed by atoms with E-state index in [-0.39, 0.29) is 0 Å². The zero-order chi connectivity index (χ0) is 17.8. The van der Waals surface area contributed by atoms with Crippen LogP contribution in [0.25, 0.3) is 0 Å². The molecule has 136 valence electrons. The average molecular weight is 346 g/mol. The zero-order valence-electron chi connectivity index (χ0n) is 14.6. The topological polar surface area (TPSA) is 77.8 Å². The van der Waals surface area contributed by atoms with E-state index < -0.39 is 7.82 Å². The molecule has 23 heavy (non-hydrogen) atoms. The van der Waals surface area contributed by atoms with Crippen molar-refractivity contribution in [3.63, 3.8) is 0 Å². The van der Waals surface area contributed by atoms with E-state index in [4.69, 9.17) is 19.2 Å². The highest BCUT2D eigenvalue weighted by Crippen LogP contribution is 2.25. The molecule has 0 fully saturated rings. The Morgan fingerprint density at radius 1 is 0.783 bits per heavy atom. The summed E-state index contributed by atoms with van der Waals surface area (Å²) in [6.07, 6.45) is 25.6. The SMILES string of the molecule is C=CC=CC=CCCCCCCCCCCCC.O=P(O)(O)O. The average Bonchev–Trinajstić information content (AvgIpc) is 2.46. The summed E-state index contributed by atoms with van der Waals surface area (Å²) in [7, 11) is -4.64. The van der Waals surface area contributed by atoms with Crippen LogP contribution in [-0.4, -0.2) is 14.7 Å². The minimum atomic E-state index is -4.64. The summed E-state index contributed by atoms with van der Waals surface area (Å²) < 4.78 is 8.88. The summed E-state index contributed by atoms with van der Waals surface area (Å²) in [4.78, 5) is 21.6. The Morgan fingerprint density at radius 2 is 1.22 bits per heavy atom. The molecule has 0 aliphatic rings. The Labute approximate surface area is 142 Å². The first-order valence-electron chi connectivity index (χ1n) is 8.64. The molecule has 0 aliphatic carbocycles. The highest BCUT2D eigenvalue weighted by molar-refractivity contribution is 7.45. The number of unbranched alkanes of at least 4 members (excludes halogenated alkanes) is 10. The summed E-state index contributed by atoms with van der Waals surface area (Å²) in [5.41, 5.74) is 0. The van der Waals surface area contributed by atoms with E-state index in [1.165, 1.54) is 70.6 Å². The summed E-state index contributed by atoms with van der Waals surface area (Å²) in [5.74, 6) is 0. The van der Waals surface area contributed by atoms with Gasteiger partial charge in [-0.3, -0.25) is 0 Å². The van der Waals surface area contributed by atoms with Crippen molar-refractivity contribution in [2.45, 2.75) is 77.6 Å². The maximum atomic E-state index is 8.88. The minimum Gasteiger partial charge on any atom is -0.303 e. The number of allylic oxidation sites excluding steroid dienone is 5. The van der Waals surface area contributed by atoms with Crippen molar-refractivity contribution in [2.75, 3.05) is 0 Å². The van der Waals surface area contributed by atoms with Gasteiger partial charge in [-0.25, -0.2) is 4.57 Å². The summed E-state index contributed by atoms with van der Waals surface area (Å²) in [6.45, 7) is 5.92. The van der Waals surface area contributed by atoms with Gasteiger partial charge in [0.2, 0.25) is 0 Å². The fourth-order valence-electron chi connectivity index (χ4n) is 2.07. The molecule has 0 saturated heterocycles. The number of hydrogen-bond acceptors (Lipinski definition) is 1. The normalized spacial score (nSPS) is 11.7. The molecule has 0 aliphatic heterocycles. The van der Waals surface area contributed by atoms with Crippen LogP contribution in [0, 0.1) is 0 Å². The molecule has 0 radical (unpaired) electrons. The van der Waals surface area contributed by atoms with E-state index in [1.807, 2.05) is 18.2 Å². The van der Waals surface area contributed by atoms with Gasteiger partial charge in [0.25, 0.3) is 0 Å². The van der Waals surface area contributed by atoms with Gasteiger partial charge in [-0.1, -0.05) is 102 Å². The molecule has 0 amide bonds. The molecular weight excluding hydrogens is 311 g/mol. The Balaban J connectivity index is 0. The van der Waals surface area contributed by atoms with Crippen molar-refractivity contribution in [3.05, 3.63) is 37.0 Å². The summed E-state index contributed by atoms with van der Waals surface area (Å²) in [6, 6.07) is 0. The second-order valence-electron chi connectivity index (χ2n) is 5.53. The maximum absolute atomic E-state index is 8.88. The van der Waals surface area contributed by atoms with E-state index in [0.29, 0.717) is 0 Å². The summed E-state index contributed by atoms with van der Waals surface area (Å²) in [5, 5.41) is 0. The molecule has 4 nitrogen and oxygen atoms in total. The quantitative estimate of drug-likeness (QED) is 0.228. The molecule has 0 bridgehead atoms. The Hall–Kier alpha value is -0.670. The third kappa shape index (κ3) is 38.8. The second-order valence-corrected chi connectivity index (χ2v) is 6.56. The van der Waals surface area contributed by atoms with E-state index in [2.05, 4.69) is 25.7 Å². The molecule has 0 spiro atoms. The largest absolute Gasteiger partial charge is 0.466 e. The van der Waals surface area contributed by atoms with Gasteiger partial charge >= 0.3 is 7.82 Å². The van der Waals surface area contributed by atoms with Gasteiger partial charge in [0.05, 0.1) is 0 Å². The lowest BCUT2D eigenvalue weighted by molar-refractivity contribution is 0.275. The first-order valence-corrected chi connectivity index (χ1v) is 10.2. The third-order valence-electron chi connectivity index (χ3n) is 3.22. The van der Waals surface area contributed by atoms with E-state index in [1.54, 1.807) is 0 Å². The molecule has 0 rings (SSSR count). The van der Waals surface area contributed by atoms with Crippen molar-refractivity contribution in [1.29, 1.82) is 0 Å². The van der Waals surface area contributed by atoms with Crippen LogP contribution < -0.4 is 0 Å². The predicted molar refractivity (Wildman–Crippen MR) is 99.2 cm³/mol. The maximum Gasteiger partial charge on any atom is 0.466 e. The lowest BCUT2D eigenvalue weighted by Gasteiger charge is -2.01. The fraction of sp³-hybridized carbons (Fsp3) is 0.667. The lowest BCUT2D eigenvalue weighted by atomic mass is 10.1. The minimum absolute atomic E-state index is 1.22. The zero-order valence-corrected chi connectivity index (χ0v) is 15.5. The van der Waals surface area contributed by atoms with Crippen molar-refractivity contribution in [1.82, 2.24) is 0 Å². The number of rotatable bonds is 13. The van der Waals surface area contributed by atoms with Gasteiger partial charge in [0, 0.05) is 0 Å². The predicted octanol–water partition coefficient (Wildman–Crippen LogP) is 5.67. The van der Waals surface area contributed by atoms with Crippen molar-refractivity contribution >= 4 is 7.82 Å². The van der Waals surface area contributed by atoms with Crippen LogP contribution in [0.1, 0.15) is 77.6 Å². The molecule has 0 saturated carbocycles. The van der Waals surface area contributed by atoms with E-state index in [9.17, 15) is 0 Å². The van der Waals surface area contributed by atoms with Crippen LogP contribution in [0.2, 0.25) is 0 Å². The Bertz CT molecular complexity index is 337. The Morgan fingerprint density at radius 3 is 1.65 bits per heavy atom. The van der Waals surface area contributed by atoms with Crippen molar-refractivity contribution in [2.24, 2.45) is 0 Å². The van der Waals surface area contributed by atoms with E-state index >= 15 is 0 Å². The van der Waals surface area contributed by atoms with Crippen LogP contribution in [0.5, 0.6) is 0 Å². The molecule has 5 heteroatoms. The molecule has 3 N–H and O–H groups in total. The van der Waals surface area contributed by atoms with Crippen LogP contribution >= 0.6 is 7.82 Å². The number of hydrogen-bond donors (Lipinski definition) is 3. The molecule has 0 unspecified atom stereocenters. The van der Waals surface area contributed by atoms with Gasteiger partial charge in [0.1, 0.15) is 0 Å². The molecule has 0 aromatic heterocycles. The molecular formula is C18H35O4P. The first-order chi connectivity index (χ1) is 10.9. The van der Waals surface area contributed by atoms with Crippen LogP contribution in [0.4, 0.5) is 0 Å². The fourth-order valence-corrected chi connectivity index (χ4v) is 2.07. The second kappa shape index (κ2) is 19.4. The molecule has 0 heterocycles. The van der Waals surface area contributed by atoms with Crippen LogP contribution in [0.15, 0.2) is 37.0 Å². The highest BCUT2D eigenvalue weighted by atomic mass is 31.2. The van der Waals surface area contributed by atoms with Crippen LogP contribution in [-0.2, 0) is 4.57 Å². The van der Waals surface area contributed by atoms with Crippen molar-refractivity contribution in [3.8, 4) is 0 Å². The van der Waals surface area contributed by atoms with Crippen LogP contribution in [0.3, 0.4) is 0 Å². The van der Waals surface area contributed by atoms with Gasteiger partial charge in [-0.05, 0) is 12.8 Å². The summed E-state index contributed by atoms with van der Waals surface area (Å²) >= 11 is 0. The molecule has 0 aromatic rings. The third-order valence-corrected chi connectivity index (χ3v) is 3.22. The highest BCUT2D eigenvalue weighted by Gasteiger charge is 2.00. The molecule has 0 atom stereocenters. The van der Waals surface area contributed by atoms with Gasteiger partial charge < -0.3 is 14.7 Å².